The van der Waals surface area contributed by atoms with Crippen molar-refractivity contribution >= 4 is 43.5 Å². The molecule has 2 N–H and O–H groups in total. The third-order valence-electron chi connectivity index (χ3n) is 4.82. The number of rotatable bonds is 5. The normalized spacial score (nSPS) is 14.7. The molecule has 12 heteroatoms. The van der Waals surface area contributed by atoms with Crippen LogP contribution in [0.25, 0.3) is 0 Å². The van der Waals surface area contributed by atoms with Gasteiger partial charge in [0.2, 0.25) is 20.0 Å². The summed E-state index contributed by atoms with van der Waals surface area (Å²) >= 11 is 0. The van der Waals surface area contributed by atoms with Crippen LogP contribution < -0.4 is 14.9 Å². The standard InChI is InChI=1S/C20H24N4O6S2/c1-15-5-9-17(10-6-15)24(31(2,27)28)20(26)22-19(25)21-16-7-11-18(12-8-16)32(29,30)23-13-3-4-14-23/h5-12H,3-4,13-14H2,1-2H3,(H2,21,22,25,26). The molecule has 0 spiro atoms. The predicted octanol–water partition coefficient (Wildman–Crippen LogP) is 2.49. The number of aryl methyl sites for hydroxylation is 1. The monoisotopic (exact) mass is 480 g/mol. The zero-order chi connectivity index (χ0) is 23.5. The minimum absolute atomic E-state index is 0.0832. The Balaban J connectivity index is 1.69. The maximum absolute atomic E-state index is 12.6. The van der Waals surface area contributed by atoms with Crippen LogP contribution in [0.4, 0.5) is 21.0 Å². The maximum atomic E-state index is 12.6. The lowest BCUT2D eigenvalue weighted by molar-refractivity contribution is 0.238. The molecule has 3 rings (SSSR count). The summed E-state index contributed by atoms with van der Waals surface area (Å²) in [5.41, 5.74) is 1.19. The molecular weight excluding hydrogens is 456 g/mol. The number of hydrogen-bond acceptors (Lipinski definition) is 6. The number of carbonyl (C=O) groups excluding carboxylic acids is 2. The molecule has 32 heavy (non-hydrogen) atoms. The van der Waals surface area contributed by atoms with E-state index >= 15 is 0 Å². The van der Waals surface area contributed by atoms with E-state index in [0.717, 1.165) is 24.7 Å². The fraction of sp³-hybridized carbons (Fsp3) is 0.300. The second-order valence-corrected chi connectivity index (χ2v) is 11.2. The largest absolute Gasteiger partial charge is 0.343 e. The molecule has 1 aliphatic rings. The zero-order valence-electron chi connectivity index (χ0n) is 17.6. The number of urea groups is 2. The zero-order valence-corrected chi connectivity index (χ0v) is 19.2. The Kier molecular flexibility index (Phi) is 6.86. The number of hydrogen-bond donors (Lipinski definition) is 2. The Morgan fingerprint density at radius 2 is 1.47 bits per heavy atom. The highest BCUT2D eigenvalue weighted by molar-refractivity contribution is 7.92. The fourth-order valence-corrected chi connectivity index (χ4v) is 5.61. The summed E-state index contributed by atoms with van der Waals surface area (Å²) in [4.78, 5) is 24.8. The quantitative estimate of drug-likeness (QED) is 0.676. The molecule has 0 bridgehead atoms. The van der Waals surface area contributed by atoms with Gasteiger partial charge in [0, 0.05) is 18.8 Å². The summed E-state index contributed by atoms with van der Waals surface area (Å²) < 4.78 is 51.2. The lowest BCUT2D eigenvalue weighted by Crippen LogP contribution is -2.47. The van der Waals surface area contributed by atoms with E-state index < -0.39 is 32.1 Å². The smallest absolute Gasteiger partial charge is 0.308 e. The highest BCUT2D eigenvalue weighted by atomic mass is 32.2. The Hall–Kier alpha value is -2.96. The molecule has 0 unspecified atom stereocenters. The van der Waals surface area contributed by atoms with E-state index in [2.05, 4.69) is 5.32 Å². The van der Waals surface area contributed by atoms with Gasteiger partial charge in [0.15, 0.2) is 0 Å². The molecule has 0 aromatic heterocycles. The minimum atomic E-state index is -4.01. The molecular formula is C20H24N4O6S2. The Bertz CT molecular complexity index is 1200. The first-order valence-electron chi connectivity index (χ1n) is 9.77. The molecule has 0 atom stereocenters. The highest BCUT2D eigenvalue weighted by Crippen LogP contribution is 2.22. The number of imide groups is 1. The second-order valence-electron chi connectivity index (χ2n) is 7.38. The van der Waals surface area contributed by atoms with Gasteiger partial charge >= 0.3 is 12.1 Å². The third-order valence-corrected chi connectivity index (χ3v) is 7.77. The van der Waals surface area contributed by atoms with Crippen LogP contribution in [0, 0.1) is 6.92 Å². The maximum Gasteiger partial charge on any atom is 0.343 e. The Morgan fingerprint density at radius 3 is 2.00 bits per heavy atom. The van der Waals surface area contributed by atoms with Crippen molar-refractivity contribution in [2.45, 2.75) is 24.7 Å². The van der Waals surface area contributed by atoms with Crippen molar-refractivity contribution < 1.29 is 26.4 Å². The van der Waals surface area contributed by atoms with E-state index in [1.54, 1.807) is 12.1 Å². The van der Waals surface area contributed by atoms with Crippen LogP contribution in [0.5, 0.6) is 0 Å². The predicted molar refractivity (Wildman–Crippen MR) is 120 cm³/mol. The summed E-state index contributed by atoms with van der Waals surface area (Å²) in [7, 11) is -7.60. The van der Waals surface area contributed by atoms with Crippen molar-refractivity contribution in [1.29, 1.82) is 0 Å². The molecule has 1 heterocycles. The fourth-order valence-electron chi connectivity index (χ4n) is 3.24. The lowest BCUT2D eigenvalue weighted by Gasteiger charge is -2.20. The first kappa shape index (κ1) is 23.7. The van der Waals surface area contributed by atoms with Gasteiger partial charge in [-0.25, -0.2) is 26.4 Å². The van der Waals surface area contributed by atoms with Crippen LogP contribution in [-0.2, 0) is 20.0 Å². The molecule has 0 radical (unpaired) electrons. The van der Waals surface area contributed by atoms with Crippen molar-refractivity contribution in [2.24, 2.45) is 0 Å². The van der Waals surface area contributed by atoms with E-state index in [0.29, 0.717) is 17.4 Å². The van der Waals surface area contributed by atoms with Gasteiger partial charge in [-0.3, -0.25) is 5.32 Å². The topological polar surface area (TPSA) is 133 Å². The SMILES string of the molecule is Cc1ccc(N(C(=O)NC(=O)Nc2ccc(S(=O)(=O)N3CCCC3)cc2)S(C)(=O)=O)cc1. The number of nitrogens with zero attached hydrogens (tertiary/aromatic N) is 2. The molecule has 2 aromatic rings. The van der Waals surface area contributed by atoms with E-state index in [-0.39, 0.29) is 16.3 Å². The van der Waals surface area contributed by atoms with Crippen molar-refractivity contribution in [3.05, 3.63) is 54.1 Å². The van der Waals surface area contributed by atoms with Gasteiger partial charge < -0.3 is 5.32 Å². The van der Waals surface area contributed by atoms with Crippen LogP contribution >= 0.6 is 0 Å². The molecule has 4 amide bonds. The van der Waals surface area contributed by atoms with Gasteiger partial charge in [-0.05, 0) is 56.2 Å². The molecule has 172 valence electrons. The van der Waals surface area contributed by atoms with E-state index in [1.807, 2.05) is 12.2 Å². The first-order chi connectivity index (χ1) is 15.0. The van der Waals surface area contributed by atoms with E-state index in [9.17, 15) is 26.4 Å². The van der Waals surface area contributed by atoms with E-state index in [1.165, 1.54) is 40.7 Å². The number of anilines is 2. The van der Waals surface area contributed by atoms with Gasteiger partial charge in [-0.15, -0.1) is 0 Å². The summed E-state index contributed by atoms with van der Waals surface area (Å²) in [6.45, 7) is 2.76. The van der Waals surface area contributed by atoms with E-state index in [4.69, 9.17) is 0 Å². The van der Waals surface area contributed by atoms with Gasteiger partial charge in [-0.1, -0.05) is 17.7 Å². The molecule has 1 fully saturated rings. The highest BCUT2D eigenvalue weighted by Gasteiger charge is 2.28. The van der Waals surface area contributed by atoms with Gasteiger partial charge in [0.05, 0.1) is 16.8 Å². The average Bonchev–Trinajstić information content (AvgIpc) is 3.25. The van der Waals surface area contributed by atoms with Gasteiger partial charge in [0.1, 0.15) is 0 Å². The van der Waals surface area contributed by atoms with Crippen LogP contribution in [0.2, 0.25) is 0 Å². The summed E-state index contributed by atoms with van der Waals surface area (Å²) in [6.07, 6.45) is 2.49. The summed E-state index contributed by atoms with van der Waals surface area (Å²) in [6, 6.07) is 9.56. The summed E-state index contributed by atoms with van der Waals surface area (Å²) in [5.74, 6) is 0. The molecule has 1 saturated heterocycles. The van der Waals surface area contributed by atoms with Crippen molar-refractivity contribution in [3.8, 4) is 0 Å². The number of amides is 4. The number of sulfonamides is 2. The van der Waals surface area contributed by atoms with Crippen LogP contribution in [-0.4, -0.2) is 52.5 Å². The van der Waals surface area contributed by atoms with Crippen molar-refractivity contribution in [3.63, 3.8) is 0 Å². The summed E-state index contributed by atoms with van der Waals surface area (Å²) in [5, 5.41) is 4.36. The van der Waals surface area contributed by atoms with Crippen LogP contribution in [0.3, 0.4) is 0 Å². The van der Waals surface area contributed by atoms with Crippen LogP contribution in [0.15, 0.2) is 53.4 Å². The molecule has 10 nitrogen and oxygen atoms in total. The Morgan fingerprint density at radius 1 is 0.906 bits per heavy atom. The molecule has 0 aliphatic carbocycles. The Labute approximate surface area is 187 Å². The first-order valence-corrected chi connectivity index (χ1v) is 13.1. The second kappa shape index (κ2) is 9.27. The number of nitrogens with one attached hydrogen (secondary N) is 2. The molecule has 1 aliphatic heterocycles. The number of benzene rings is 2. The van der Waals surface area contributed by atoms with Gasteiger partial charge in [-0.2, -0.15) is 8.61 Å². The van der Waals surface area contributed by atoms with Crippen molar-refractivity contribution in [1.82, 2.24) is 9.62 Å². The average molecular weight is 481 g/mol. The lowest BCUT2D eigenvalue weighted by atomic mass is 10.2. The van der Waals surface area contributed by atoms with Crippen molar-refractivity contribution in [2.75, 3.05) is 29.0 Å². The van der Waals surface area contributed by atoms with Gasteiger partial charge in [0.25, 0.3) is 0 Å². The minimum Gasteiger partial charge on any atom is -0.308 e. The molecule has 2 aromatic carbocycles. The van der Waals surface area contributed by atoms with Crippen LogP contribution in [0.1, 0.15) is 18.4 Å². The third kappa shape index (κ3) is 5.44. The molecule has 0 saturated carbocycles. The number of carbonyl (C=O) groups is 2.